The van der Waals surface area contributed by atoms with E-state index in [1.165, 1.54) is 0 Å². The molecule has 1 saturated carbocycles. The third-order valence-electron chi connectivity index (χ3n) is 2.83. The molecule has 0 saturated heterocycles. The van der Waals surface area contributed by atoms with Crippen LogP contribution in [0.15, 0.2) is 0 Å². The van der Waals surface area contributed by atoms with E-state index in [1.807, 2.05) is 0 Å². The topological polar surface area (TPSA) is 49.3 Å². The van der Waals surface area contributed by atoms with Crippen molar-refractivity contribution in [2.75, 3.05) is 0 Å². The van der Waals surface area contributed by atoms with Crippen molar-refractivity contribution in [1.82, 2.24) is 5.32 Å². The van der Waals surface area contributed by atoms with E-state index in [2.05, 4.69) is 12.2 Å². The molecule has 1 fully saturated rings. The molecule has 0 bridgehead atoms. The van der Waals surface area contributed by atoms with Gasteiger partial charge in [-0.15, -0.1) is 0 Å². The number of unbranched alkanes of at least 4 members (excludes halogenated alkanes) is 1. The predicted octanol–water partition coefficient (Wildman–Crippen LogP) is 1.60. The Hall–Kier alpha value is -0.570. The summed E-state index contributed by atoms with van der Waals surface area (Å²) >= 11 is 0. The molecular weight excluding hydrogens is 178 g/mol. The summed E-state index contributed by atoms with van der Waals surface area (Å²) in [6.07, 6.45) is 6.22. The lowest BCUT2D eigenvalue weighted by Gasteiger charge is -2.28. The van der Waals surface area contributed by atoms with Gasteiger partial charge in [-0.3, -0.25) is 4.79 Å². The fraction of sp³-hybridized carbons (Fsp3) is 0.909. The Balaban J connectivity index is 2.23. The Morgan fingerprint density at radius 1 is 1.43 bits per heavy atom. The minimum Gasteiger partial charge on any atom is -0.391 e. The van der Waals surface area contributed by atoms with Crippen molar-refractivity contribution < 1.29 is 9.90 Å². The third kappa shape index (κ3) is 3.66. The second-order valence-corrected chi connectivity index (χ2v) is 4.13. The second-order valence-electron chi connectivity index (χ2n) is 4.13. The van der Waals surface area contributed by atoms with Crippen LogP contribution in [0.3, 0.4) is 0 Å². The molecule has 0 aromatic carbocycles. The SMILES string of the molecule is CCCCC(=O)NC1CCCCC1O. The lowest BCUT2D eigenvalue weighted by molar-refractivity contribution is -0.123. The molecule has 3 nitrogen and oxygen atoms in total. The average molecular weight is 199 g/mol. The number of hydrogen-bond acceptors (Lipinski definition) is 2. The molecule has 3 heteroatoms. The zero-order chi connectivity index (χ0) is 10.4. The molecule has 2 unspecified atom stereocenters. The number of aliphatic hydroxyl groups is 1. The van der Waals surface area contributed by atoms with E-state index in [-0.39, 0.29) is 18.1 Å². The minimum absolute atomic E-state index is 0.00751. The monoisotopic (exact) mass is 199 g/mol. The van der Waals surface area contributed by atoms with Crippen LogP contribution < -0.4 is 5.32 Å². The number of aliphatic hydroxyl groups excluding tert-OH is 1. The van der Waals surface area contributed by atoms with Gasteiger partial charge in [-0.25, -0.2) is 0 Å². The standard InChI is InChI=1S/C11H21NO2/c1-2-3-8-11(14)12-9-6-4-5-7-10(9)13/h9-10,13H,2-8H2,1H3,(H,12,14). The molecule has 0 heterocycles. The zero-order valence-electron chi connectivity index (χ0n) is 8.96. The van der Waals surface area contributed by atoms with Crippen molar-refractivity contribution in [3.63, 3.8) is 0 Å². The summed E-state index contributed by atoms with van der Waals surface area (Å²) in [6, 6.07) is 0.00751. The van der Waals surface area contributed by atoms with Gasteiger partial charge in [0.05, 0.1) is 12.1 Å². The molecule has 2 atom stereocenters. The summed E-state index contributed by atoms with van der Waals surface area (Å²) in [5.74, 6) is 0.0952. The van der Waals surface area contributed by atoms with Crippen LogP contribution in [-0.4, -0.2) is 23.2 Å². The summed E-state index contributed by atoms with van der Waals surface area (Å²) < 4.78 is 0. The fourth-order valence-electron chi connectivity index (χ4n) is 1.90. The normalized spacial score (nSPS) is 27.3. The molecular formula is C11H21NO2. The number of amides is 1. The predicted molar refractivity (Wildman–Crippen MR) is 55.9 cm³/mol. The maximum Gasteiger partial charge on any atom is 0.220 e. The van der Waals surface area contributed by atoms with Gasteiger partial charge in [-0.2, -0.15) is 0 Å². The lowest BCUT2D eigenvalue weighted by atomic mass is 9.92. The molecule has 1 aliphatic carbocycles. The molecule has 0 spiro atoms. The van der Waals surface area contributed by atoms with Gasteiger partial charge in [0.1, 0.15) is 0 Å². The van der Waals surface area contributed by atoms with E-state index in [0.717, 1.165) is 38.5 Å². The van der Waals surface area contributed by atoms with Gasteiger partial charge in [0, 0.05) is 6.42 Å². The van der Waals surface area contributed by atoms with Crippen molar-refractivity contribution in [3.8, 4) is 0 Å². The van der Waals surface area contributed by atoms with Gasteiger partial charge < -0.3 is 10.4 Å². The number of nitrogens with one attached hydrogen (secondary N) is 1. The Morgan fingerprint density at radius 3 is 2.79 bits per heavy atom. The highest BCUT2D eigenvalue weighted by molar-refractivity contribution is 5.76. The summed E-state index contributed by atoms with van der Waals surface area (Å²) in [4.78, 5) is 11.4. The summed E-state index contributed by atoms with van der Waals surface area (Å²) in [5.41, 5.74) is 0. The molecule has 1 aliphatic rings. The third-order valence-corrected chi connectivity index (χ3v) is 2.83. The van der Waals surface area contributed by atoms with Gasteiger partial charge in [-0.1, -0.05) is 26.2 Å². The first-order valence-corrected chi connectivity index (χ1v) is 5.71. The summed E-state index contributed by atoms with van der Waals surface area (Å²) in [6.45, 7) is 2.07. The Labute approximate surface area is 85.9 Å². The smallest absolute Gasteiger partial charge is 0.220 e. The van der Waals surface area contributed by atoms with Gasteiger partial charge in [-0.05, 0) is 19.3 Å². The van der Waals surface area contributed by atoms with E-state index in [4.69, 9.17) is 0 Å². The van der Waals surface area contributed by atoms with Crippen LogP contribution in [0.1, 0.15) is 51.9 Å². The van der Waals surface area contributed by atoms with Crippen LogP contribution >= 0.6 is 0 Å². The number of carbonyl (C=O) groups excluding carboxylic acids is 1. The average Bonchev–Trinajstić information content (AvgIpc) is 2.18. The van der Waals surface area contributed by atoms with Crippen LogP contribution in [-0.2, 0) is 4.79 Å². The largest absolute Gasteiger partial charge is 0.391 e. The highest BCUT2D eigenvalue weighted by Crippen LogP contribution is 2.18. The van der Waals surface area contributed by atoms with Gasteiger partial charge in [0.2, 0.25) is 5.91 Å². The highest BCUT2D eigenvalue weighted by Gasteiger charge is 2.23. The van der Waals surface area contributed by atoms with E-state index in [9.17, 15) is 9.90 Å². The molecule has 82 valence electrons. The molecule has 14 heavy (non-hydrogen) atoms. The van der Waals surface area contributed by atoms with Crippen molar-refractivity contribution in [1.29, 1.82) is 0 Å². The van der Waals surface area contributed by atoms with E-state index < -0.39 is 0 Å². The van der Waals surface area contributed by atoms with Crippen molar-refractivity contribution >= 4 is 5.91 Å². The molecule has 0 aliphatic heterocycles. The van der Waals surface area contributed by atoms with Crippen molar-refractivity contribution in [2.45, 2.75) is 64.0 Å². The Morgan fingerprint density at radius 2 is 2.14 bits per heavy atom. The van der Waals surface area contributed by atoms with Crippen LogP contribution in [0.2, 0.25) is 0 Å². The molecule has 2 N–H and O–H groups in total. The Kier molecular flexibility index (Phi) is 4.94. The van der Waals surface area contributed by atoms with Crippen molar-refractivity contribution in [3.05, 3.63) is 0 Å². The van der Waals surface area contributed by atoms with Crippen LogP contribution in [0, 0.1) is 0 Å². The highest BCUT2D eigenvalue weighted by atomic mass is 16.3. The van der Waals surface area contributed by atoms with Gasteiger partial charge in [0.15, 0.2) is 0 Å². The maximum atomic E-state index is 11.4. The summed E-state index contributed by atoms with van der Waals surface area (Å²) in [7, 11) is 0. The Bertz CT molecular complexity index is 182. The van der Waals surface area contributed by atoms with E-state index in [0.29, 0.717) is 6.42 Å². The van der Waals surface area contributed by atoms with Crippen LogP contribution in [0.4, 0.5) is 0 Å². The lowest BCUT2D eigenvalue weighted by Crippen LogP contribution is -2.44. The molecule has 0 aromatic heterocycles. The maximum absolute atomic E-state index is 11.4. The quantitative estimate of drug-likeness (QED) is 0.722. The fourth-order valence-corrected chi connectivity index (χ4v) is 1.90. The van der Waals surface area contributed by atoms with Crippen molar-refractivity contribution in [2.24, 2.45) is 0 Å². The van der Waals surface area contributed by atoms with Gasteiger partial charge in [0.25, 0.3) is 0 Å². The first kappa shape index (κ1) is 11.5. The number of hydrogen-bond donors (Lipinski definition) is 2. The van der Waals surface area contributed by atoms with E-state index in [1.54, 1.807) is 0 Å². The zero-order valence-corrected chi connectivity index (χ0v) is 8.96. The van der Waals surface area contributed by atoms with Gasteiger partial charge >= 0.3 is 0 Å². The first-order valence-electron chi connectivity index (χ1n) is 5.71. The minimum atomic E-state index is -0.325. The van der Waals surface area contributed by atoms with Crippen LogP contribution in [0.5, 0.6) is 0 Å². The number of carbonyl (C=O) groups is 1. The molecule has 0 radical (unpaired) electrons. The van der Waals surface area contributed by atoms with E-state index >= 15 is 0 Å². The molecule has 1 amide bonds. The second kappa shape index (κ2) is 6.02. The molecule has 1 rings (SSSR count). The van der Waals surface area contributed by atoms with Crippen LogP contribution in [0.25, 0.3) is 0 Å². The number of rotatable bonds is 4. The summed E-state index contributed by atoms with van der Waals surface area (Å²) in [5, 5.41) is 12.5. The first-order chi connectivity index (χ1) is 6.74. The molecule has 0 aromatic rings.